The second kappa shape index (κ2) is 7.80. The van der Waals surface area contributed by atoms with Gasteiger partial charge in [0.15, 0.2) is 0 Å². The topological polar surface area (TPSA) is 41.8 Å². The van der Waals surface area contributed by atoms with Gasteiger partial charge < -0.3 is 10.7 Å². The molecule has 0 aliphatic rings. The molecule has 2 heterocycles. The molecule has 0 aliphatic heterocycles. The van der Waals surface area contributed by atoms with E-state index in [2.05, 4.69) is 47.6 Å². The van der Waals surface area contributed by atoms with Crippen LogP contribution in [0, 0.1) is 0 Å². The molecule has 1 aromatic carbocycles. The number of fused-ring (bicyclic) bond motifs is 1. The number of aromatic amines is 1. The molecule has 2 nitrogen and oxygen atoms in total. The Morgan fingerprint density at radius 2 is 2.00 bits per heavy atom. The van der Waals surface area contributed by atoms with Gasteiger partial charge in [-0.1, -0.05) is 25.5 Å². The van der Waals surface area contributed by atoms with Crippen molar-refractivity contribution in [1.82, 2.24) is 4.98 Å². The molecule has 2 aromatic heterocycles. The number of benzene rings is 1. The summed E-state index contributed by atoms with van der Waals surface area (Å²) in [6, 6.07) is 11.3. The maximum absolute atomic E-state index is 5.69. The second-order valence-electron chi connectivity index (χ2n) is 6.19. The Kier molecular flexibility index (Phi) is 5.52. The lowest BCUT2D eigenvalue weighted by Gasteiger charge is -2.05. The number of hydrogen-bond donors (Lipinski definition) is 2. The van der Waals surface area contributed by atoms with Gasteiger partial charge in [-0.05, 0) is 73.4 Å². The first-order chi connectivity index (χ1) is 11.3. The van der Waals surface area contributed by atoms with E-state index in [0.29, 0.717) is 0 Å². The molecule has 0 aliphatic carbocycles. The molecule has 3 aromatic rings. The van der Waals surface area contributed by atoms with Crippen molar-refractivity contribution in [1.29, 1.82) is 0 Å². The highest BCUT2D eigenvalue weighted by atomic mass is 32.1. The number of unbranched alkanes of at least 4 members (excludes halogenated alkanes) is 2. The van der Waals surface area contributed by atoms with Crippen LogP contribution in [0.4, 0.5) is 0 Å². The van der Waals surface area contributed by atoms with Crippen LogP contribution in [0.25, 0.3) is 21.5 Å². The van der Waals surface area contributed by atoms with Crippen molar-refractivity contribution in [3.05, 3.63) is 46.8 Å². The monoisotopic (exact) mass is 326 g/mol. The second-order valence-corrected chi connectivity index (χ2v) is 7.13. The summed E-state index contributed by atoms with van der Waals surface area (Å²) in [4.78, 5) is 4.99. The van der Waals surface area contributed by atoms with Gasteiger partial charge in [0.25, 0.3) is 0 Å². The van der Waals surface area contributed by atoms with Crippen LogP contribution in [-0.4, -0.2) is 11.5 Å². The predicted octanol–water partition coefficient (Wildman–Crippen LogP) is 5.52. The number of hydrogen-bond acceptors (Lipinski definition) is 2. The number of nitrogens with two attached hydrogens (primary N) is 1. The van der Waals surface area contributed by atoms with Crippen molar-refractivity contribution in [2.24, 2.45) is 5.73 Å². The lowest BCUT2D eigenvalue weighted by molar-refractivity contribution is 0.748. The van der Waals surface area contributed by atoms with E-state index in [4.69, 9.17) is 5.73 Å². The minimum atomic E-state index is 0.776. The Bertz CT molecular complexity index is 740. The van der Waals surface area contributed by atoms with Gasteiger partial charge in [0, 0.05) is 10.9 Å². The van der Waals surface area contributed by atoms with Crippen LogP contribution < -0.4 is 5.73 Å². The summed E-state index contributed by atoms with van der Waals surface area (Å²) >= 11 is 1.81. The van der Waals surface area contributed by atoms with Gasteiger partial charge in [0.2, 0.25) is 0 Å². The smallest absolute Gasteiger partial charge is 0.0598 e. The molecule has 0 saturated carbocycles. The molecule has 3 N–H and O–H groups in total. The van der Waals surface area contributed by atoms with Crippen molar-refractivity contribution < 1.29 is 0 Å². The third-order valence-electron chi connectivity index (χ3n) is 4.44. The number of H-pyrrole nitrogens is 1. The summed E-state index contributed by atoms with van der Waals surface area (Å²) < 4.78 is 0. The molecular weight excluding hydrogens is 300 g/mol. The average Bonchev–Trinajstić information content (AvgIpc) is 3.21. The first-order valence-corrected chi connectivity index (χ1v) is 9.59. The van der Waals surface area contributed by atoms with E-state index in [-0.39, 0.29) is 0 Å². The molecule has 0 amide bonds. The summed E-state index contributed by atoms with van der Waals surface area (Å²) in [6.07, 6.45) is 7.02. The molecule has 23 heavy (non-hydrogen) atoms. The van der Waals surface area contributed by atoms with Crippen molar-refractivity contribution in [3.63, 3.8) is 0 Å². The summed E-state index contributed by atoms with van der Waals surface area (Å²) in [5.41, 5.74) is 11.2. The van der Waals surface area contributed by atoms with Gasteiger partial charge in [-0.25, -0.2) is 0 Å². The minimum absolute atomic E-state index is 0.776. The van der Waals surface area contributed by atoms with Crippen LogP contribution in [0.5, 0.6) is 0 Å². The molecule has 3 rings (SSSR count). The Morgan fingerprint density at radius 3 is 2.74 bits per heavy atom. The van der Waals surface area contributed by atoms with Crippen molar-refractivity contribution >= 4 is 22.2 Å². The summed E-state index contributed by atoms with van der Waals surface area (Å²) in [7, 11) is 0. The fourth-order valence-corrected chi connectivity index (χ4v) is 3.92. The van der Waals surface area contributed by atoms with Crippen LogP contribution in [-0.2, 0) is 12.8 Å². The van der Waals surface area contributed by atoms with Gasteiger partial charge in [-0.3, -0.25) is 0 Å². The predicted molar refractivity (Wildman–Crippen MR) is 102 cm³/mol. The van der Waals surface area contributed by atoms with Gasteiger partial charge in [-0.2, -0.15) is 0 Å². The number of thiophene rings is 1. The summed E-state index contributed by atoms with van der Waals surface area (Å²) in [5, 5.41) is 3.55. The zero-order valence-electron chi connectivity index (χ0n) is 13.9. The van der Waals surface area contributed by atoms with Crippen molar-refractivity contribution in [3.8, 4) is 10.6 Å². The molecule has 0 unspecified atom stereocenters. The molecule has 0 atom stereocenters. The maximum atomic E-state index is 5.69. The van der Waals surface area contributed by atoms with Crippen LogP contribution in [0.3, 0.4) is 0 Å². The Balaban J connectivity index is 2.01. The number of aromatic nitrogens is 1. The van der Waals surface area contributed by atoms with E-state index in [1.165, 1.54) is 51.9 Å². The van der Waals surface area contributed by atoms with E-state index in [0.717, 1.165) is 25.8 Å². The van der Waals surface area contributed by atoms with Crippen molar-refractivity contribution in [2.45, 2.75) is 45.4 Å². The highest BCUT2D eigenvalue weighted by Gasteiger charge is 2.14. The lowest BCUT2D eigenvalue weighted by Crippen LogP contribution is -1.99. The first kappa shape index (κ1) is 16.3. The molecule has 0 bridgehead atoms. The number of aryl methyl sites for hydroxylation is 2. The quantitative estimate of drug-likeness (QED) is 0.526. The SMILES string of the molecule is CCCCc1ccc2[nH]c(-c3cccs3)c(CCCCN)c2c1. The van der Waals surface area contributed by atoms with Gasteiger partial charge in [0.05, 0.1) is 10.6 Å². The van der Waals surface area contributed by atoms with Gasteiger partial charge in [0.1, 0.15) is 0 Å². The number of nitrogens with one attached hydrogen (secondary N) is 1. The van der Waals surface area contributed by atoms with E-state index < -0.39 is 0 Å². The first-order valence-electron chi connectivity index (χ1n) is 8.71. The molecule has 0 saturated heterocycles. The standard InChI is InChI=1S/C20H26N2S/c1-2-3-7-15-10-11-18-17(14-15)16(8-4-5-12-21)20(22-18)19-9-6-13-23-19/h6,9-11,13-14,22H,2-5,7-8,12,21H2,1H3. The highest BCUT2D eigenvalue weighted by molar-refractivity contribution is 7.13. The molecular formula is C20H26N2S. The Labute approximate surface area is 142 Å². The fraction of sp³-hybridized carbons (Fsp3) is 0.400. The van der Waals surface area contributed by atoms with Crippen molar-refractivity contribution in [2.75, 3.05) is 6.54 Å². The van der Waals surface area contributed by atoms with Crippen LogP contribution in [0.1, 0.15) is 43.7 Å². The van der Waals surface area contributed by atoms with Crippen LogP contribution in [0.15, 0.2) is 35.7 Å². The maximum Gasteiger partial charge on any atom is 0.0598 e. The zero-order valence-corrected chi connectivity index (χ0v) is 14.7. The molecule has 0 radical (unpaired) electrons. The van der Waals surface area contributed by atoms with Gasteiger partial charge in [-0.15, -0.1) is 11.3 Å². The average molecular weight is 327 g/mol. The lowest BCUT2D eigenvalue weighted by atomic mass is 10.0. The zero-order chi connectivity index (χ0) is 16.1. The van der Waals surface area contributed by atoms with Gasteiger partial charge >= 0.3 is 0 Å². The molecule has 3 heteroatoms. The van der Waals surface area contributed by atoms with E-state index in [9.17, 15) is 0 Å². The van der Waals surface area contributed by atoms with Crippen LogP contribution in [0.2, 0.25) is 0 Å². The number of rotatable bonds is 8. The molecule has 122 valence electrons. The third-order valence-corrected chi connectivity index (χ3v) is 5.33. The minimum Gasteiger partial charge on any atom is -0.354 e. The summed E-state index contributed by atoms with van der Waals surface area (Å²) in [6.45, 7) is 3.03. The van der Waals surface area contributed by atoms with E-state index in [1.807, 2.05) is 0 Å². The van der Waals surface area contributed by atoms with E-state index >= 15 is 0 Å². The largest absolute Gasteiger partial charge is 0.354 e. The fourth-order valence-electron chi connectivity index (χ4n) is 3.17. The normalized spacial score (nSPS) is 11.4. The molecule has 0 fully saturated rings. The summed E-state index contributed by atoms with van der Waals surface area (Å²) in [5.74, 6) is 0. The Hall–Kier alpha value is -1.58. The third kappa shape index (κ3) is 3.67. The van der Waals surface area contributed by atoms with E-state index in [1.54, 1.807) is 11.3 Å². The molecule has 0 spiro atoms. The van der Waals surface area contributed by atoms with Crippen LogP contribution >= 0.6 is 11.3 Å². The highest BCUT2D eigenvalue weighted by Crippen LogP contribution is 2.34. The Morgan fingerprint density at radius 1 is 1.09 bits per heavy atom.